The molecule has 1 aromatic rings. The summed E-state index contributed by atoms with van der Waals surface area (Å²) in [6, 6.07) is 2.18. The molecule has 0 aromatic heterocycles. The fourth-order valence-corrected chi connectivity index (χ4v) is 3.90. The average Bonchev–Trinajstić information content (AvgIpc) is 2.54. The number of halogens is 1. The van der Waals surface area contributed by atoms with Crippen LogP contribution in [0.25, 0.3) is 0 Å². The van der Waals surface area contributed by atoms with E-state index in [2.05, 4.69) is 39.1 Å². The summed E-state index contributed by atoms with van der Waals surface area (Å²) in [6.07, 6.45) is 2.08. The summed E-state index contributed by atoms with van der Waals surface area (Å²) < 4.78 is 12.6. The van der Waals surface area contributed by atoms with E-state index in [1.165, 1.54) is 11.1 Å². The van der Waals surface area contributed by atoms with Gasteiger partial charge in [0.05, 0.1) is 4.47 Å². The molecule has 2 aliphatic heterocycles. The highest BCUT2D eigenvalue weighted by Crippen LogP contribution is 2.42. The maximum atomic E-state index is 5.76. The summed E-state index contributed by atoms with van der Waals surface area (Å²) in [7, 11) is 0. The lowest BCUT2D eigenvalue weighted by molar-refractivity contribution is 0.170. The Morgan fingerprint density at radius 2 is 2.00 bits per heavy atom. The highest BCUT2D eigenvalue weighted by atomic mass is 79.9. The van der Waals surface area contributed by atoms with Gasteiger partial charge in [0.25, 0.3) is 0 Å². The zero-order valence-electron chi connectivity index (χ0n) is 12.6. The van der Waals surface area contributed by atoms with E-state index < -0.39 is 0 Å². The van der Waals surface area contributed by atoms with E-state index in [0.717, 1.165) is 61.5 Å². The van der Waals surface area contributed by atoms with Gasteiger partial charge < -0.3 is 19.7 Å². The quantitative estimate of drug-likeness (QED) is 0.898. The number of fused-ring (bicyclic) bond motifs is 1. The van der Waals surface area contributed by atoms with Crippen molar-refractivity contribution in [2.24, 2.45) is 0 Å². The fraction of sp³-hybridized carbons (Fsp3) is 0.625. The van der Waals surface area contributed by atoms with Gasteiger partial charge in [0.2, 0.25) is 0 Å². The number of hydrogen-bond donors (Lipinski definition) is 1. The maximum absolute atomic E-state index is 5.76. The van der Waals surface area contributed by atoms with Crippen molar-refractivity contribution in [1.82, 2.24) is 10.2 Å². The lowest BCUT2D eigenvalue weighted by Crippen LogP contribution is -2.44. The normalized spacial score (nSPS) is 18.8. The van der Waals surface area contributed by atoms with E-state index in [9.17, 15) is 0 Å². The van der Waals surface area contributed by atoms with Crippen molar-refractivity contribution in [3.8, 4) is 11.5 Å². The van der Waals surface area contributed by atoms with Gasteiger partial charge >= 0.3 is 0 Å². The highest BCUT2D eigenvalue weighted by Gasteiger charge is 2.21. The Labute approximate surface area is 134 Å². The van der Waals surface area contributed by atoms with Crippen LogP contribution >= 0.6 is 15.9 Å². The molecule has 1 aromatic carbocycles. The third-order valence-corrected chi connectivity index (χ3v) is 5.07. The first-order chi connectivity index (χ1) is 10.3. The van der Waals surface area contributed by atoms with Crippen LogP contribution in [0.5, 0.6) is 11.5 Å². The first-order valence-corrected chi connectivity index (χ1v) is 8.61. The van der Waals surface area contributed by atoms with Crippen molar-refractivity contribution >= 4 is 15.9 Å². The zero-order chi connectivity index (χ0) is 14.7. The predicted octanol–water partition coefficient (Wildman–Crippen LogP) is 2.23. The van der Waals surface area contributed by atoms with E-state index >= 15 is 0 Å². The molecule has 4 nitrogen and oxygen atoms in total. The van der Waals surface area contributed by atoms with Crippen LogP contribution in [0.15, 0.2) is 10.5 Å². The van der Waals surface area contributed by atoms with E-state index in [0.29, 0.717) is 13.2 Å². The first-order valence-electron chi connectivity index (χ1n) is 7.82. The van der Waals surface area contributed by atoms with Crippen LogP contribution in [0.2, 0.25) is 0 Å². The summed E-state index contributed by atoms with van der Waals surface area (Å²) in [5.41, 5.74) is 2.74. The zero-order valence-corrected chi connectivity index (χ0v) is 14.2. The number of benzene rings is 1. The van der Waals surface area contributed by atoms with Gasteiger partial charge in [-0.15, -0.1) is 0 Å². The Kier molecular flexibility index (Phi) is 5.03. The molecule has 0 saturated carbocycles. The lowest BCUT2D eigenvalue weighted by atomic mass is 10.0. The van der Waals surface area contributed by atoms with Crippen molar-refractivity contribution in [1.29, 1.82) is 0 Å². The van der Waals surface area contributed by atoms with Crippen molar-refractivity contribution < 1.29 is 9.47 Å². The maximum Gasteiger partial charge on any atom is 0.175 e. The van der Waals surface area contributed by atoms with Crippen LogP contribution in [0, 0.1) is 0 Å². The van der Waals surface area contributed by atoms with Gasteiger partial charge in [0.15, 0.2) is 11.5 Å². The van der Waals surface area contributed by atoms with Crippen LogP contribution in [-0.4, -0.2) is 50.8 Å². The summed E-state index contributed by atoms with van der Waals surface area (Å²) in [4.78, 5) is 2.53. The third kappa shape index (κ3) is 3.35. The van der Waals surface area contributed by atoms with Gasteiger partial charge in [0.1, 0.15) is 13.2 Å². The Morgan fingerprint density at radius 1 is 1.24 bits per heavy atom. The second-order valence-electron chi connectivity index (χ2n) is 5.55. The number of ether oxygens (including phenoxy) is 2. The molecule has 1 fully saturated rings. The molecule has 0 amide bonds. The minimum absolute atomic E-state index is 0.634. The summed E-state index contributed by atoms with van der Waals surface area (Å²) in [5, 5.41) is 3.40. The molecule has 21 heavy (non-hydrogen) atoms. The van der Waals surface area contributed by atoms with Gasteiger partial charge in [-0.25, -0.2) is 0 Å². The van der Waals surface area contributed by atoms with E-state index in [4.69, 9.17) is 9.47 Å². The molecule has 1 saturated heterocycles. The Morgan fingerprint density at radius 3 is 2.76 bits per heavy atom. The topological polar surface area (TPSA) is 33.7 Å². The second-order valence-corrected chi connectivity index (χ2v) is 6.34. The molecule has 3 rings (SSSR count). The highest BCUT2D eigenvalue weighted by molar-refractivity contribution is 9.10. The van der Waals surface area contributed by atoms with Gasteiger partial charge in [-0.05, 0) is 46.0 Å². The molecular formula is C16H23BrN2O2. The molecule has 0 spiro atoms. The molecule has 0 bridgehead atoms. The van der Waals surface area contributed by atoms with Crippen molar-refractivity contribution in [2.75, 3.05) is 45.9 Å². The van der Waals surface area contributed by atoms with Crippen molar-refractivity contribution in [3.63, 3.8) is 0 Å². The van der Waals surface area contributed by atoms with Crippen molar-refractivity contribution in [2.45, 2.75) is 19.8 Å². The van der Waals surface area contributed by atoms with E-state index in [1.807, 2.05) is 0 Å². The average molecular weight is 355 g/mol. The van der Waals surface area contributed by atoms with Gasteiger partial charge in [-0.2, -0.15) is 0 Å². The van der Waals surface area contributed by atoms with Crippen LogP contribution in [0.1, 0.15) is 18.1 Å². The van der Waals surface area contributed by atoms with E-state index in [-0.39, 0.29) is 0 Å². The summed E-state index contributed by atoms with van der Waals surface area (Å²) in [5.74, 6) is 1.77. The summed E-state index contributed by atoms with van der Waals surface area (Å²) >= 11 is 3.72. The number of rotatable bonds is 4. The largest absolute Gasteiger partial charge is 0.486 e. The summed E-state index contributed by atoms with van der Waals surface area (Å²) in [6.45, 7) is 9.08. The molecule has 0 unspecified atom stereocenters. The Hall–Kier alpha value is -0.780. The van der Waals surface area contributed by atoms with Crippen LogP contribution < -0.4 is 14.8 Å². The monoisotopic (exact) mass is 354 g/mol. The minimum Gasteiger partial charge on any atom is -0.486 e. The van der Waals surface area contributed by atoms with E-state index in [1.54, 1.807) is 0 Å². The Balaban J connectivity index is 1.78. The Bertz CT molecular complexity index is 502. The molecule has 0 atom stereocenters. The first kappa shape index (κ1) is 15.1. The molecular weight excluding hydrogens is 332 g/mol. The number of piperazine rings is 1. The van der Waals surface area contributed by atoms with Gasteiger partial charge in [0, 0.05) is 32.7 Å². The van der Waals surface area contributed by atoms with Crippen LogP contribution in [0.3, 0.4) is 0 Å². The van der Waals surface area contributed by atoms with Gasteiger partial charge in [-0.1, -0.05) is 6.92 Å². The second kappa shape index (κ2) is 6.99. The predicted molar refractivity (Wildman–Crippen MR) is 87.5 cm³/mol. The number of nitrogens with one attached hydrogen (secondary N) is 1. The standard InChI is InChI=1S/C16H23BrN2O2/c1-2-13-12(3-6-19-7-4-18-5-8-19)11-14-16(15(13)17)21-10-9-20-14/h11,18H,2-10H2,1H3. The number of hydrogen-bond acceptors (Lipinski definition) is 4. The molecule has 0 aliphatic carbocycles. The molecule has 5 heteroatoms. The van der Waals surface area contributed by atoms with Crippen molar-refractivity contribution in [3.05, 3.63) is 21.7 Å². The molecule has 0 radical (unpaired) electrons. The SMILES string of the molecule is CCc1c(CCN2CCNCC2)cc2c(c1Br)OCCO2. The number of nitrogens with zero attached hydrogens (tertiary/aromatic N) is 1. The minimum atomic E-state index is 0.634. The third-order valence-electron chi connectivity index (χ3n) is 4.23. The molecule has 2 aliphatic rings. The molecule has 116 valence electrons. The molecule has 1 N–H and O–H groups in total. The van der Waals surface area contributed by atoms with Crippen LogP contribution in [-0.2, 0) is 12.8 Å². The van der Waals surface area contributed by atoms with Crippen LogP contribution in [0.4, 0.5) is 0 Å². The van der Waals surface area contributed by atoms with Gasteiger partial charge in [-0.3, -0.25) is 0 Å². The smallest absolute Gasteiger partial charge is 0.175 e. The lowest BCUT2D eigenvalue weighted by Gasteiger charge is -2.28. The molecule has 2 heterocycles. The fourth-order valence-electron chi connectivity index (χ4n) is 3.05.